The van der Waals surface area contributed by atoms with Crippen LogP contribution in [0.15, 0.2) is 24.3 Å². The van der Waals surface area contributed by atoms with E-state index in [2.05, 4.69) is 34.1 Å². The number of nitrogens with zero attached hydrogens (tertiary/aromatic N) is 2. The summed E-state index contributed by atoms with van der Waals surface area (Å²) in [5.41, 5.74) is 5.90. The topological polar surface area (TPSA) is 23.6 Å². The Balaban J connectivity index is 0.00000205. The Labute approximate surface area is 184 Å². The summed E-state index contributed by atoms with van der Waals surface area (Å²) >= 11 is 1.73. The van der Waals surface area contributed by atoms with Gasteiger partial charge in [-0.25, -0.2) is 0 Å². The number of ketones is 1. The quantitative estimate of drug-likeness (QED) is 0.602. The Morgan fingerprint density at radius 2 is 1.76 bits per heavy atom. The maximum Gasteiger partial charge on any atom is 0.169 e. The summed E-state index contributed by atoms with van der Waals surface area (Å²) < 4.78 is 0. The second-order valence-corrected chi connectivity index (χ2v) is 9.81. The molecular formula is C24H31ClN2OS. The van der Waals surface area contributed by atoms with Crippen LogP contribution in [0.1, 0.15) is 69.9 Å². The van der Waals surface area contributed by atoms with Gasteiger partial charge in [-0.05, 0) is 99.8 Å². The van der Waals surface area contributed by atoms with Gasteiger partial charge in [0.1, 0.15) is 0 Å². The number of likely N-dealkylation sites (tertiary alicyclic amines) is 1. The molecule has 0 spiro atoms. The van der Waals surface area contributed by atoms with Crippen molar-refractivity contribution in [2.24, 2.45) is 0 Å². The normalized spacial score (nSPS) is 21.4. The summed E-state index contributed by atoms with van der Waals surface area (Å²) in [5, 5.41) is 0. The van der Waals surface area contributed by atoms with Crippen molar-refractivity contribution in [3.8, 4) is 0 Å². The van der Waals surface area contributed by atoms with Crippen LogP contribution in [0.5, 0.6) is 0 Å². The van der Waals surface area contributed by atoms with Crippen molar-refractivity contribution < 1.29 is 4.79 Å². The van der Waals surface area contributed by atoms with E-state index in [1.54, 1.807) is 29.4 Å². The molecular weight excluding hydrogens is 400 g/mol. The van der Waals surface area contributed by atoms with Gasteiger partial charge in [-0.2, -0.15) is 0 Å². The lowest BCUT2D eigenvalue weighted by Crippen LogP contribution is -2.41. The van der Waals surface area contributed by atoms with Gasteiger partial charge in [-0.3, -0.25) is 4.79 Å². The van der Waals surface area contributed by atoms with E-state index in [0.29, 0.717) is 6.04 Å². The number of halogens is 1. The number of carbonyl (C=O) groups excluding carboxylic acids is 1. The van der Waals surface area contributed by atoms with Crippen molar-refractivity contribution in [2.45, 2.75) is 57.9 Å². The van der Waals surface area contributed by atoms with Crippen molar-refractivity contribution >= 4 is 35.2 Å². The molecule has 2 aliphatic heterocycles. The molecule has 3 nitrogen and oxygen atoms in total. The fourth-order valence-corrected chi connectivity index (χ4v) is 6.35. The number of benzene rings is 1. The first-order valence-corrected chi connectivity index (χ1v) is 11.7. The zero-order valence-corrected chi connectivity index (χ0v) is 18.9. The number of carbonyl (C=O) groups is 1. The largest absolute Gasteiger partial charge is 0.363 e. The van der Waals surface area contributed by atoms with Crippen LogP contribution in [0, 0.1) is 0 Å². The number of aryl methyl sites for hydroxylation is 2. The molecule has 1 aliphatic carbocycles. The summed E-state index contributed by atoms with van der Waals surface area (Å²) in [7, 11) is 0. The third kappa shape index (κ3) is 4.12. The first-order valence-electron chi connectivity index (χ1n) is 10.9. The molecule has 1 fully saturated rings. The molecule has 29 heavy (non-hydrogen) atoms. The van der Waals surface area contributed by atoms with E-state index < -0.39 is 0 Å². The predicted octanol–water partition coefficient (Wildman–Crippen LogP) is 5.45. The molecule has 2 aromatic rings. The third-order valence-corrected chi connectivity index (χ3v) is 8.11. The Kier molecular flexibility index (Phi) is 6.33. The van der Waals surface area contributed by atoms with Crippen molar-refractivity contribution in [2.75, 3.05) is 31.1 Å². The first kappa shape index (κ1) is 20.9. The fourth-order valence-electron chi connectivity index (χ4n) is 5.25. The van der Waals surface area contributed by atoms with E-state index >= 15 is 0 Å². The molecule has 3 heterocycles. The van der Waals surface area contributed by atoms with Crippen LogP contribution >= 0.6 is 23.7 Å². The summed E-state index contributed by atoms with van der Waals surface area (Å²) in [4.78, 5) is 19.6. The molecule has 0 radical (unpaired) electrons. The van der Waals surface area contributed by atoms with Crippen LogP contribution < -0.4 is 4.90 Å². The zero-order valence-electron chi connectivity index (χ0n) is 17.3. The maximum absolute atomic E-state index is 12.0. The van der Waals surface area contributed by atoms with Crippen molar-refractivity contribution in [3.63, 3.8) is 0 Å². The number of hydrogen-bond donors (Lipinski definition) is 0. The molecule has 1 aromatic heterocycles. The minimum Gasteiger partial charge on any atom is -0.363 e. The van der Waals surface area contributed by atoms with E-state index in [9.17, 15) is 4.79 Å². The molecule has 1 atom stereocenters. The average molecular weight is 431 g/mol. The first-order chi connectivity index (χ1) is 13.7. The van der Waals surface area contributed by atoms with Crippen molar-refractivity contribution in [3.05, 3.63) is 50.7 Å². The van der Waals surface area contributed by atoms with Gasteiger partial charge in [0.2, 0.25) is 0 Å². The number of rotatable bonds is 4. The highest BCUT2D eigenvalue weighted by molar-refractivity contribution is 7.14. The van der Waals surface area contributed by atoms with Crippen molar-refractivity contribution in [1.29, 1.82) is 0 Å². The molecule has 5 rings (SSSR count). The van der Waals surface area contributed by atoms with E-state index in [4.69, 9.17) is 0 Å². The number of thiophene rings is 1. The number of anilines is 1. The van der Waals surface area contributed by atoms with Gasteiger partial charge in [0.05, 0.1) is 10.9 Å². The molecule has 1 aromatic carbocycles. The van der Waals surface area contributed by atoms with Gasteiger partial charge >= 0.3 is 0 Å². The van der Waals surface area contributed by atoms with Gasteiger partial charge in [-0.15, -0.1) is 23.7 Å². The van der Waals surface area contributed by atoms with Crippen LogP contribution in [0.4, 0.5) is 5.69 Å². The second-order valence-electron chi connectivity index (χ2n) is 8.67. The lowest BCUT2D eigenvalue weighted by molar-refractivity contribution is 0.102. The van der Waals surface area contributed by atoms with Crippen molar-refractivity contribution in [1.82, 2.24) is 4.90 Å². The van der Waals surface area contributed by atoms with E-state index in [1.807, 2.05) is 0 Å². The van der Waals surface area contributed by atoms with Crippen LogP contribution in [0.3, 0.4) is 0 Å². The summed E-state index contributed by atoms with van der Waals surface area (Å²) in [6.45, 7) is 6.27. The minimum atomic E-state index is 0. The Hall–Kier alpha value is -1.36. The maximum atomic E-state index is 12.0. The Bertz CT molecular complexity index is 887. The number of hydrogen-bond acceptors (Lipinski definition) is 4. The third-order valence-electron chi connectivity index (χ3n) is 6.80. The van der Waals surface area contributed by atoms with Gasteiger partial charge in [0, 0.05) is 23.7 Å². The Morgan fingerprint density at radius 3 is 2.52 bits per heavy atom. The molecule has 1 unspecified atom stereocenters. The number of Topliss-reactive ketones (excluding diaryl/α,β-unsaturated/α-hetero) is 1. The lowest BCUT2D eigenvalue weighted by Gasteiger charge is -2.40. The van der Waals surface area contributed by atoms with E-state index in [-0.39, 0.29) is 18.2 Å². The number of fused-ring (bicyclic) bond motifs is 2. The van der Waals surface area contributed by atoms with Crippen LogP contribution in [0.25, 0.3) is 0 Å². The lowest BCUT2D eigenvalue weighted by atomic mass is 9.90. The van der Waals surface area contributed by atoms with Gasteiger partial charge < -0.3 is 9.80 Å². The molecule has 0 N–H and O–H groups in total. The highest BCUT2D eigenvalue weighted by Gasteiger charge is 2.32. The SMILES string of the molecule is CC(=O)c1cc2c(s1)CCN(c1ccc3c(c1)CCCC3)C2CN1CCCC1.Cl. The molecule has 5 heteroatoms. The minimum absolute atomic E-state index is 0. The van der Waals surface area contributed by atoms with Gasteiger partial charge in [0.15, 0.2) is 5.78 Å². The van der Waals surface area contributed by atoms with Crippen LogP contribution in [-0.2, 0) is 19.3 Å². The summed E-state index contributed by atoms with van der Waals surface area (Å²) in [6.07, 6.45) is 8.82. The standard InChI is InChI=1S/C24H30N2OS.ClH/c1-17(27)24-15-21-22(16-25-11-4-5-12-25)26(13-10-23(21)28-24)20-9-8-18-6-2-3-7-19(18)14-20;/h8-9,14-15,22H,2-7,10-13,16H2,1H3;1H. The molecule has 3 aliphatic rings. The van der Waals surface area contributed by atoms with E-state index in [1.165, 1.54) is 67.7 Å². The molecule has 1 saturated heterocycles. The molecule has 0 amide bonds. The smallest absolute Gasteiger partial charge is 0.169 e. The molecule has 0 saturated carbocycles. The predicted molar refractivity (Wildman–Crippen MR) is 124 cm³/mol. The van der Waals surface area contributed by atoms with Gasteiger partial charge in [0.25, 0.3) is 0 Å². The second kappa shape index (κ2) is 8.79. The summed E-state index contributed by atoms with van der Waals surface area (Å²) in [6, 6.07) is 9.76. The van der Waals surface area contributed by atoms with Gasteiger partial charge in [-0.1, -0.05) is 6.07 Å². The highest BCUT2D eigenvalue weighted by Crippen LogP contribution is 2.40. The molecule has 0 bridgehead atoms. The monoisotopic (exact) mass is 430 g/mol. The average Bonchev–Trinajstić information content (AvgIpc) is 3.37. The highest BCUT2D eigenvalue weighted by atomic mass is 35.5. The zero-order chi connectivity index (χ0) is 19.1. The summed E-state index contributed by atoms with van der Waals surface area (Å²) in [5.74, 6) is 0.208. The van der Waals surface area contributed by atoms with Crippen LogP contribution in [-0.4, -0.2) is 36.9 Å². The van der Waals surface area contributed by atoms with Crippen LogP contribution in [0.2, 0.25) is 0 Å². The van der Waals surface area contributed by atoms with E-state index in [0.717, 1.165) is 24.4 Å². The fraction of sp³-hybridized carbons (Fsp3) is 0.542. The Morgan fingerprint density at radius 1 is 1.00 bits per heavy atom. The molecule has 156 valence electrons.